The summed E-state index contributed by atoms with van der Waals surface area (Å²) in [6, 6.07) is 26.4. The zero-order valence-corrected chi connectivity index (χ0v) is 23.4. The van der Waals surface area contributed by atoms with Crippen LogP contribution in [-0.2, 0) is 32.5 Å². The predicted octanol–water partition coefficient (Wildman–Crippen LogP) is 6.28. The van der Waals surface area contributed by atoms with Gasteiger partial charge in [0.25, 0.3) is 5.91 Å². The molecule has 204 valence electrons. The number of hydrogen-bond donors (Lipinski definition) is 1. The third-order valence-electron chi connectivity index (χ3n) is 6.50. The Morgan fingerprint density at radius 3 is 2.23 bits per heavy atom. The number of carbonyl (C=O) groups excluding carboxylic acids is 2. The number of benzene rings is 4. The number of rotatable bonds is 7. The Labute approximate surface area is 242 Å². The van der Waals surface area contributed by atoms with Crippen LogP contribution in [0.2, 0.25) is 10.0 Å². The number of fused-ring (bicyclic) bond motifs is 1. The molecule has 1 amide bonds. The summed E-state index contributed by atoms with van der Waals surface area (Å²) in [6.45, 7) is 0.578. The average Bonchev–Trinajstić information content (AvgIpc) is 2.95. The molecule has 0 fully saturated rings. The van der Waals surface area contributed by atoms with E-state index < -0.39 is 28.0 Å². The number of nitrogens with zero attached hydrogens (tertiary/aromatic N) is 1. The van der Waals surface area contributed by atoms with Crippen LogP contribution >= 0.6 is 23.2 Å². The molecule has 0 saturated heterocycles. The molecular weight excluding hydrogens is 571 g/mol. The van der Waals surface area contributed by atoms with Gasteiger partial charge in [-0.2, -0.15) is 4.31 Å². The molecule has 5 rings (SSSR count). The van der Waals surface area contributed by atoms with Gasteiger partial charge in [-0.1, -0.05) is 83.9 Å². The van der Waals surface area contributed by atoms with Crippen LogP contribution in [0.5, 0.6) is 0 Å². The van der Waals surface area contributed by atoms with E-state index in [0.29, 0.717) is 34.3 Å². The smallest absolute Gasteiger partial charge is 0.339 e. The van der Waals surface area contributed by atoms with Crippen molar-refractivity contribution in [3.8, 4) is 0 Å². The van der Waals surface area contributed by atoms with Gasteiger partial charge in [-0.3, -0.25) is 4.79 Å². The van der Waals surface area contributed by atoms with Crippen molar-refractivity contribution in [2.45, 2.75) is 24.0 Å². The molecular formula is C30H24Cl2N2O5S. The van der Waals surface area contributed by atoms with Crippen LogP contribution in [0.25, 0.3) is 0 Å². The second-order valence-electron chi connectivity index (χ2n) is 9.23. The third kappa shape index (κ3) is 6.21. The third-order valence-corrected chi connectivity index (χ3v) is 8.78. The number of ether oxygens (including phenoxy) is 1. The zero-order chi connectivity index (χ0) is 28.3. The van der Waals surface area contributed by atoms with E-state index >= 15 is 0 Å². The summed E-state index contributed by atoms with van der Waals surface area (Å²) in [4.78, 5) is 26.5. The monoisotopic (exact) mass is 594 g/mol. The maximum Gasteiger partial charge on any atom is 0.339 e. The van der Waals surface area contributed by atoms with Gasteiger partial charge in [0, 0.05) is 34.4 Å². The van der Waals surface area contributed by atoms with Crippen molar-refractivity contribution in [1.29, 1.82) is 0 Å². The number of halogens is 2. The lowest BCUT2D eigenvalue weighted by Crippen LogP contribution is -2.36. The first-order valence-electron chi connectivity index (χ1n) is 12.4. The van der Waals surface area contributed by atoms with Gasteiger partial charge in [0.15, 0.2) is 0 Å². The van der Waals surface area contributed by atoms with E-state index in [1.807, 2.05) is 24.3 Å². The highest BCUT2D eigenvalue weighted by Gasteiger charge is 2.30. The number of esters is 1. The molecule has 0 spiro atoms. The molecule has 4 aromatic rings. The molecule has 40 heavy (non-hydrogen) atoms. The molecule has 7 nitrogen and oxygen atoms in total. The van der Waals surface area contributed by atoms with Crippen molar-refractivity contribution in [3.63, 3.8) is 0 Å². The molecule has 0 bridgehead atoms. The van der Waals surface area contributed by atoms with E-state index in [9.17, 15) is 18.0 Å². The Balaban J connectivity index is 1.38. The van der Waals surface area contributed by atoms with Gasteiger partial charge in [-0.25, -0.2) is 13.2 Å². The molecule has 0 aromatic heterocycles. The van der Waals surface area contributed by atoms with Gasteiger partial charge in [-0.15, -0.1) is 0 Å². The number of amides is 1. The lowest BCUT2D eigenvalue weighted by molar-refractivity contribution is -0.125. The predicted molar refractivity (Wildman–Crippen MR) is 154 cm³/mol. The maximum absolute atomic E-state index is 13.5. The number of carbonyl (C=O) groups is 2. The second kappa shape index (κ2) is 11.8. The quantitative estimate of drug-likeness (QED) is 0.254. The minimum Gasteiger partial charge on any atom is -0.444 e. The molecule has 10 heteroatoms. The highest BCUT2D eigenvalue weighted by atomic mass is 35.5. The molecule has 0 saturated carbocycles. The zero-order valence-electron chi connectivity index (χ0n) is 21.1. The van der Waals surface area contributed by atoms with Gasteiger partial charge >= 0.3 is 5.97 Å². The fourth-order valence-electron chi connectivity index (χ4n) is 4.52. The summed E-state index contributed by atoms with van der Waals surface area (Å²) >= 11 is 12.1. The van der Waals surface area contributed by atoms with Crippen molar-refractivity contribution in [1.82, 2.24) is 4.31 Å². The number of nitrogens with one attached hydrogen (secondary N) is 1. The number of anilines is 1. The van der Waals surface area contributed by atoms with Crippen molar-refractivity contribution < 1.29 is 22.7 Å². The van der Waals surface area contributed by atoms with Gasteiger partial charge < -0.3 is 10.1 Å². The standard InChI is InChI=1S/C30H24Cl2N2O5S/c31-24-16-25(32)18-26(17-24)33-29(35)28(21-8-2-1-3-9-21)39-30(36)22-11-6-12-27(15-22)40(37,38)34-14-13-20-7-4-5-10-23(20)19-34/h1-12,15-18,28H,13-14,19H2,(H,33,35). The van der Waals surface area contributed by atoms with Gasteiger partial charge in [0.2, 0.25) is 16.1 Å². The fraction of sp³-hybridized carbons (Fsp3) is 0.133. The van der Waals surface area contributed by atoms with E-state index in [0.717, 1.165) is 11.1 Å². The molecule has 1 atom stereocenters. The first-order valence-corrected chi connectivity index (χ1v) is 14.6. The molecule has 0 radical (unpaired) electrons. The minimum absolute atomic E-state index is 0.00184. The number of hydrogen-bond acceptors (Lipinski definition) is 5. The molecule has 4 aromatic carbocycles. The molecule has 0 aliphatic carbocycles. The van der Waals surface area contributed by atoms with E-state index in [1.165, 1.54) is 46.8 Å². The van der Waals surface area contributed by atoms with Gasteiger partial charge in [-0.05, 0) is 53.9 Å². The molecule has 1 heterocycles. The molecule has 1 N–H and O–H groups in total. The summed E-state index contributed by atoms with van der Waals surface area (Å²) in [6.07, 6.45) is -0.728. The van der Waals surface area contributed by atoms with Crippen molar-refractivity contribution in [2.24, 2.45) is 0 Å². The van der Waals surface area contributed by atoms with Crippen LogP contribution in [0.4, 0.5) is 5.69 Å². The summed E-state index contributed by atoms with van der Waals surface area (Å²) in [7, 11) is -3.89. The first-order chi connectivity index (χ1) is 19.2. The first kappa shape index (κ1) is 27.9. The highest BCUT2D eigenvalue weighted by molar-refractivity contribution is 7.89. The average molecular weight is 596 g/mol. The Bertz CT molecular complexity index is 1660. The van der Waals surface area contributed by atoms with Gasteiger partial charge in [0.05, 0.1) is 10.5 Å². The highest BCUT2D eigenvalue weighted by Crippen LogP contribution is 2.28. The minimum atomic E-state index is -3.89. The van der Waals surface area contributed by atoms with Crippen LogP contribution < -0.4 is 5.32 Å². The largest absolute Gasteiger partial charge is 0.444 e. The van der Waals surface area contributed by atoms with E-state index in [4.69, 9.17) is 27.9 Å². The normalized spacial score (nSPS) is 14.2. The Morgan fingerprint density at radius 1 is 0.825 bits per heavy atom. The molecule has 1 aliphatic heterocycles. The Morgan fingerprint density at radius 2 is 1.50 bits per heavy atom. The topological polar surface area (TPSA) is 92.8 Å². The fourth-order valence-corrected chi connectivity index (χ4v) is 6.51. The molecule has 1 unspecified atom stereocenters. The Hall–Kier alpha value is -3.69. The van der Waals surface area contributed by atoms with Crippen molar-refractivity contribution in [3.05, 3.63) is 129 Å². The summed E-state index contributed by atoms with van der Waals surface area (Å²) in [5.41, 5.74) is 2.83. The van der Waals surface area contributed by atoms with Crippen LogP contribution in [0.1, 0.15) is 33.2 Å². The molecule has 1 aliphatic rings. The van der Waals surface area contributed by atoms with E-state index in [1.54, 1.807) is 30.3 Å². The Kier molecular flexibility index (Phi) is 8.23. The van der Waals surface area contributed by atoms with Crippen LogP contribution in [-0.4, -0.2) is 31.1 Å². The summed E-state index contributed by atoms with van der Waals surface area (Å²) in [5.74, 6) is -1.48. The lowest BCUT2D eigenvalue weighted by atomic mass is 10.0. The number of sulfonamides is 1. The maximum atomic E-state index is 13.5. The lowest BCUT2D eigenvalue weighted by Gasteiger charge is -2.28. The van der Waals surface area contributed by atoms with E-state index in [2.05, 4.69) is 5.32 Å². The van der Waals surface area contributed by atoms with Crippen molar-refractivity contribution >= 4 is 50.8 Å². The van der Waals surface area contributed by atoms with Crippen LogP contribution in [0.3, 0.4) is 0 Å². The summed E-state index contributed by atoms with van der Waals surface area (Å²) in [5, 5.41) is 3.33. The van der Waals surface area contributed by atoms with Crippen LogP contribution in [0, 0.1) is 0 Å². The van der Waals surface area contributed by atoms with Crippen molar-refractivity contribution in [2.75, 3.05) is 11.9 Å². The van der Waals surface area contributed by atoms with Crippen LogP contribution in [0.15, 0.2) is 102 Å². The van der Waals surface area contributed by atoms with E-state index in [-0.39, 0.29) is 17.0 Å². The second-order valence-corrected chi connectivity index (χ2v) is 12.0. The summed E-state index contributed by atoms with van der Waals surface area (Å²) < 4.78 is 34.0. The SMILES string of the molecule is O=C(OC(C(=O)Nc1cc(Cl)cc(Cl)c1)c1ccccc1)c1cccc(S(=O)(=O)N2CCc3ccccc3C2)c1. The van der Waals surface area contributed by atoms with Gasteiger partial charge in [0.1, 0.15) is 0 Å².